The van der Waals surface area contributed by atoms with E-state index in [-0.39, 0.29) is 11.6 Å². The molecule has 0 aromatic carbocycles. The standard InChI is InChI=1S/C11H15N3O3/c1-6-8(11(16)17)3-4-14(6)9-5-10(15)13-7(2)12-9/h5-6,8H,3-4H2,1-2H3,(H,16,17)(H,12,13,15). The van der Waals surface area contributed by atoms with E-state index in [2.05, 4.69) is 9.97 Å². The maximum Gasteiger partial charge on any atom is 0.308 e. The van der Waals surface area contributed by atoms with Crippen molar-refractivity contribution in [2.45, 2.75) is 26.3 Å². The number of hydrogen-bond donors (Lipinski definition) is 2. The molecule has 2 heterocycles. The second kappa shape index (κ2) is 4.20. The Morgan fingerprint density at radius 1 is 1.65 bits per heavy atom. The van der Waals surface area contributed by atoms with E-state index in [1.165, 1.54) is 6.07 Å². The van der Waals surface area contributed by atoms with Gasteiger partial charge in [0.1, 0.15) is 11.6 Å². The van der Waals surface area contributed by atoms with Gasteiger partial charge in [0.05, 0.1) is 5.92 Å². The first kappa shape index (κ1) is 11.6. The van der Waals surface area contributed by atoms with Crippen LogP contribution in [0.2, 0.25) is 0 Å². The molecule has 92 valence electrons. The lowest BCUT2D eigenvalue weighted by Gasteiger charge is -2.24. The Bertz CT molecular complexity index is 497. The highest BCUT2D eigenvalue weighted by molar-refractivity contribution is 5.72. The first-order valence-electron chi connectivity index (χ1n) is 5.56. The molecule has 2 unspecified atom stereocenters. The molecule has 17 heavy (non-hydrogen) atoms. The molecule has 0 amide bonds. The zero-order chi connectivity index (χ0) is 12.6. The molecule has 2 atom stereocenters. The predicted molar refractivity (Wildman–Crippen MR) is 62.1 cm³/mol. The van der Waals surface area contributed by atoms with E-state index in [9.17, 15) is 9.59 Å². The average Bonchev–Trinajstić information content (AvgIpc) is 2.58. The maximum absolute atomic E-state index is 11.4. The van der Waals surface area contributed by atoms with Gasteiger partial charge in [-0.1, -0.05) is 0 Å². The number of aromatic amines is 1. The van der Waals surface area contributed by atoms with Crippen molar-refractivity contribution in [3.05, 3.63) is 22.2 Å². The van der Waals surface area contributed by atoms with Gasteiger partial charge in [0.2, 0.25) is 0 Å². The molecule has 2 rings (SSSR count). The van der Waals surface area contributed by atoms with Crippen LogP contribution >= 0.6 is 0 Å². The lowest BCUT2D eigenvalue weighted by molar-refractivity contribution is -0.141. The molecule has 0 saturated carbocycles. The summed E-state index contributed by atoms with van der Waals surface area (Å²) in [6.07, 6.45) is 0.587. The average molecular weight is 237 g/mol. The molecule has 1 aromatic rings. The summed E-state index contributed by atoms with van der Waals surface area (Å²) >= 11 is 0. The van der Waals surface area contributed by atoms with Crippen molar-refractivity contribution in [3.8, 4) is 0 Å². The van der Waals surface area contributed by atoms with Crippen LogP contribution in [-0.2, 0) is 4.79 Å². The van der Waals surface area contributed by atoms with Gasteiger partial charge in [-0.25, -0.2) is 4.98 Å². The van der Waals surface area contributed by atoms with Crippen LogP contribution in [0.25, 0.3) is 0 Å². The van der Waals surface area contributed by atoms with Crippen LogP contribution in [0.5, 0.6) is 0 Å². The first-order chi connectivity index (χ1) is 7.99. The molecule has 6 nitrogen and oxygen atoms in total. The summed E-state index contributed by atoms with van der Waals surface area (Å²) in [4.78, 5) is 31.0. The molecule has 0 bridgehead atoms. The number of hydrogen-bond acceptors (Lipinski definition) is 4. The zero-order valence-electron chi connectivity index (χ0n) is 9.80. The third kappa shape index (κ3) is 2.15. The molecule has 1 aromatic heterocycles. The van der Waals surface area contributed by atoms with Crippen molar-refractivity contribution in [1.82, 2.24) is 9.97 Å². The Balaban J connectivity index is 2.30. The van der Waals surface area contributed by atoms with Crippen LogP contribution in [0.1, 0.15) is 19.2 Å². The Hall–Kier alpha value is -1.85. The third-order valence-electron chi connectivity index (χ3n) is 3.21. The molecule has 1 saturated heterocycles. The van der Waals surface area contributed by atoms with Crippen LogP contribution in [0, 0.1) is 12.8 Å². The minimum absolute atomic E-state index is 0.138. The largest absolute Gasteiger partial charge is 0.481 e. The fourth-order valence-corrected chi connectivity index (χ4v) is 2.30. The SMILES string of the molecule is Cc1nc(N2CCC(C(=O)O)C2C)cc(=O)[nH]1. The summed E-state index contributed by atoms with van der Waals surface area (Å²) in [5.41, 5.74) is -0.210. The van der Waals surface area contributed by atoms with Crippen molar-refractivity contribution in [3.63, 3.8) is 0 Å². The van der Waals surface area contributed by atoms with Crippen molar-refractivity contribution in [2.24, 2.45) is 5.92 Å². The van der Waals surface area contributed by atoms with Gasteiger partial charge in [0.25, 0.3) is 5.56 Å². The van der Waals surface area contributed by atoms with Crippen molar-refractivity contribution in [1.29, 1.82) is 0 Å². The Kier molecular flexibility index (Phi) is 2.87. The van der Waals surface area contributed by atoms with Gasteiger partial charge in [-0.2, -0.15) is 0 Å². The second-order valence-electron chi connectivity index (χ2n) is 4.36. The van der Waals surface area contributed by atoms with E-state index < -0.39 is 11.9 Å². The summed E-state index contributed by atoms with van der Waals surface area (Å²) < 4.78 is 0. The van der Waals surface area contributed by atoms with Crippen LogP contribution in [0.15, 0.2) is 10.9 Å². The van der Waals surface area contributed by atoms with Gasteiger partial charge in [-0.05, 0) is 20.3 Å². The van der Waals surface area contributed by atoms with E-state index in [1.807, 2.05) is 11.8 Å². The van der Waals surface area contributed by atoms with Gasteiger partial charge in [0, 0.05) is 18.7 Å². The van der Waals surface area contributed by atoms with E-state index >= 15 is 0 Å². The predicted octanol–water partition coefficient (Wildman–Crippen LogP) is 0.378. The minimum atomic E-state index is -0.790. The van der Waals surface area contributed by atoms with Crippen LogP contribution in [-0.4, -0.2) is 33.6 Å². The second-order valence-corrected chi connectivity index (χ2v) is 4.36. The zero-order valence-corrected chi connectivity index (χ0v) is 9.80. The number of rotatable bonds is 2. The number of nitrogens with one attached hydrogen (secondary N) is 1. The molecule has 2 N–H and O–H groups in total. The molecule has 1 aliphatic rings. The molecule has 1 fully saturated rings. The number of aromatic nitrogens is 2. The first-order valence-corrected chi connectivity index (χ1v) is 5.56. The monoisotopic (exact) mass is 237 g/mol. The van der Waals surface area contributed by atoms with Crippen LogP contribution < -0.4 is 10.5 Å². The highest BCUT2D eigenvalue weighted by atomic mass is 16.4. The number of carbonyl (C=O) groups is 1. The summed E-state index contributed by atoms with van der Waals surface area (Å²) in [5.74, 6) is -0.0843. The summed E-state index contributed by atoms with van der Waals surface area (Å²) in [6.45, 7) is 4.18. The van der Waals surface area contributed by atoms with Crippen LogP contribution in [0.4, 0.5) is 5.82 Å². The van der Waals surface area contributed by atoms with E-state index in [0.29, 0.717) is 24.6 Å². The smallest absolute Gasteiger partial charge is 0.308 e. The molecular weight excluding hydrogens is 222 g/mol. The van der Waals surface area contributed by atoms with Gasteiger partial charge in [0.15, 0.2) is 0 Å². The van der Waals surface area contributed by atoms with Gasteiger partial charge in [-0.15, -0.1) is 0 Å². The number of aryl methyl sites for hydroxylation is 1. The number of carboxylic acid groups (broad SMARTS) is 1. The fourth-order valence-electron chi connectivity index (χ4n) is 2.30. The van der Waals surface area contributed by atoms with Gasteiger partial charge >= 0.3 is 5.97 Å². The highest BCUT2D eigenvalue weighted by Crippen LogP contribution is 2.27. The molecule has 6 heteroatoms. The minimum Gasteiger partial charge on any atom is -0.481 e. The van der Waals surface area contributed by atoms with E-state index in [1.54, 1.807) is 6.92 Å². The summed E-state index contributed by atoms with van der Waals surface area (Å²) in [5, 5.41) is 9.04. The van der Waals surface area contributed by atoms with E-state index in [4.69, 9.17) is 5.11 Å². The van der Waals surface area contributed by atoms with E-state index in [0.717, 1.165) is 0 Å². The van der Waals surface area contributed by atoms with Gasteiger partial charge in [-0.3, -0.25) is 9.59 Å². The van der Waals surface area contributed by atoms with Crippen molar-refractivity contribution < 1.29 is 9.90 Å². The molecule has 0 aliphatic carbocycles. The molecule has 0 radical (unpaired) electrons. The number of nitrogens with zero attached hydrogens (tertiary/aromatic N) is 2. The number of carboxylic acids is 1. The van der Waals surface area contributed by atoms with Gasteiger partial charge < -0.3 is 15.0 Å². The Labute approximate surface area is 98.3 Å². The Morgan fingerprint density at radius 3 is 2.88 bits per heavy atom. The quantitative estimate of drug-likeness (QED) is 0.776. The lowest BCUT2D eigenvalue weighted by Crippen LogP contribution is -2.34. The fraction of sp³-hybridized carbons (Fsp3) is 0.545. The third-order valence-corrected chi connectivity index (χ3v) is 3.21. The topological polar surface area (TPSA) is 86.3 Å². The number of aliphatic carboxylic acids is 1. The summed E-state index contributed by atoms with van der Waals surface area (Å²) in [7, 11) is 0. The van der Waals surface area contributed by atoms with Crippen molar-refractivity contribution >= 4 is 11.8 Å². The van der Waals surface area contributed by atoms with Crippen LogP contribution in [0.3, 0.4) is 0 Å². The number of H-pyrrole nitrogens is 1. The normalized spacial score (nSPS) is 24.0. The maximum atomic E-state index is 11.4. The Morgan fingerprint density at radius 2 is 2.35 bits per heavy atom. The molecular formula is C11H15N3O3. The molecule has 1 aliphatic heterocycles. The number of anilines is 1. The van der Waals surface area contributed by atoms with Crippen molar-refractivity contribution in [2.75, 3.05) is 11.4 Å². The summed E-state index contributed by atoms with van der Waals surface area (Å²) in [6, 6.07) is 1.27. The lowest BCUT2D eigenvalue weighted by atomic mass is 10.0. The highest BCUT2D eigenvalue weighted by Gasteiger charge is 2.36. The molecule has 0 spiro atoms.